The van der Waals surface area contributed by atoms with Crippen molar-refractivity contribution in [2.45, 2.75) is 39.5 Å². The molecular formula is C9H15. The summed E-state index contributed by atoms with van der Waals surface area (Å²) in [4.78, 5) is 0. The van der Waals surface area contributed by atoms with Gasteiger partial charge in [0.05, 0.1) is 0 Å². The highest BCUT2D eigenvalue weighted by Gasteiger charge is 1.82. The molecule has 0 unspecified atom stereocenters. The summed E-state index contributed by atoms with van der Waals surface area (Å²) in [6, 6.07) is 0. The van der Waals surface area contributed by atoms with Crippen molar-refractivity contribution in [2.75, 3.05) is 0 Å². The first kappa shape index (κ1) is 8.56. The van der Waals surface area contributed by atoms with Crippen molar-refractivity contribution in [3.8, 4) is 11.8 Å². The zero-order chi connectivity index (χ0) is 6.95. The van der Waals surface area contributed by atoms with E-state index in [0.29, 0.717) is 0 Å². The number of hydrogen-bond donors (Lipinski definition) is 0. The van der Waals surface area contributed by atoms with Gasteiger partial charge in [-0.1, -0.05) is 19.8 Å². The van der Waals surface area contributed by atoms with Crippen LogP contribution >= 0.6 is 0 Å². The predicted molar refractivity (Wildman–Crippen MR) is 41.9 cm³/mol. The van der Waals surface area contributed by atoms with Crippen LogP contribution in [0.3, 0.4) is 0 Å². The molecule has 0 amide bonds. The lowest BCUT2D eigenvalue weighted by Crippen LogP contribution is -1.73. The second-order valence-electron chi connectivity index (χ2n) is 2.08. The van der Waals surface area contributed by atoms with E-state index in [2.05, 4.69) is 25.2 Å². The van der Waals surface area contributed by atoms with Crippen LogP contribution in [0.15, 0.2) is 0 Å². The van der Waals surface area contributed by atoms with Crippen LogP contribution in [0.1, 0.15) is 39.5 Å². The Labute approximate surface area is 58.7 Å². The van der Waals surface area contributed by atoms with Gasteiger partial charge in [0.15, 0.2) is 0 Å². The molecular weight excluding hydrogens is 108 g/mol. The smallest absolute Gasteiger partial charge is 0.00885 e. The Balaban J connectivity index is 2.80. The molecule has 9 heavy (non-hydrogen) atoms. The van der Waals surface area contributed by atoms with Crippen molar-refractivity contribution in [3.05, 3.63) is 6.42 Å². The Bertz CT molecular complexity index is 92.3. The molecule has 0 aliphatic heterocycles. The highest BCUT2D eigenvalue weighted by molar-refractivity contribution is 4.94. The summed E-state index contributed by atoms with van der Waals surface area (Å²) >= 11 is 0. The van der Waals surface area contributed by atoms with Gasteiger partial charge in [0.2, 0.25) is 0 Å². The van der Waals surface area contributed by atoms with Crippen molar-refractivity contribution in [3.63, 3.8) is 0 Å². The molecule has 0 aromatic carbocycles. The second-order valence-corrected chi connectivity index (χ2v) is 2.08. The van der Waals surface area contributed by atoms with E-state index in [1.165, 1.54) is 19.3 Å². The minimum absolute atomic E-state index is 1.07. The molecule has 0 bridgehead atoms. The minimum atomic E-state index is 1.07. The van der Waals surface area contributed by atoms with E-state index >= 15 is 0 Å². The summed E-state index contributed by atoms with van der Waals surface area (Å²) in [7, 11) is 0. The first-order chi connectivity index (χ1) is 4.41. The Kier molecular flexibility index (Phi) is 7.19. The fourth-order valence-corrected chi connectivity index (χ4v) is 0.687. The van der Waals surface area contributed by atoms with Crippen LogP contribution in [0.4, 0.5) is 0 Å². The summed E-state index contributed by atoms with van der Waals surface area (Å²) in [5.41, 5.74) is 0. The number of unbranched alkanes of at least 4 members (excludes halogenated alkanes) is 4. The molecule has 0 fully saturated rings. The molecule has 0 aliphatic carbocycles. The largest absolute Gasteiger partial charge is 0.107 e. The van der Waals surface area contributed by atoms with E-state index in [0.717, 1.165) is 6.42 Å². The molecule has 0 spiro atoms. The zero-order valence-electron chi connectivity index (χ0n) is 6.41. The van der Waals surface area contributed by atoms with Gasteiger partial charge >= 0.3 is 0 Å². The van der Waals surface area contributed by atoms with Crippen molar-refractivity contribution in [2.24, 2.45) is 0 Å². The standard InChI is InChI=1S/C9H15/c1-3-5-7-9-8-6-4-2/h3H,5,7-9H2,1-2H3. The molecule has 0 saturated heterocycles. The maximum atomic E-state index is 3.04. The molecule has 0 rings (SSSR count). The van der Waals surface area contributed by atoms with Crippen molar-refractivity contribution in [1.29, 1.82) is 0 Å². The summed E-state index contributed by atoms with van der Waals surface area (Å²) in [6.45, 7) is 4.00. The van der Waals surface area contributed by atoms with Gasteiger partial charge in [-0.3, -0.25) is 0 Å². The van der Waals surface area contributed by atoms with Gasteiger partial charge in [0, 0.05) is 6.42 Å². The third-order valence-corrected chi connectivity index (χ3v) is 1.22. The van der Waals surface area contributed by atoms with Crippen molar-refractivity contribution < 1.29 is 0 Å². The topological polar surface area (TPSA) is 0 Å². The highest BCUT2D eigenvalue weighted by atomic mass is 13.9. The molecule has 0 aromatic heterocycles. The van der Waals surface area contributed by atoms with Gasteiger partial charge in [-0.25, -0.2) is 0 Å². The molecule has 0 N–H and O–H groups in total. The van der Waals surface area contributed by atoms with Crippen LogP contribution in [0.5, 0.6) is 0 Å². The zero-order valence-corrected chi connectivity index (χ0v) is 6.41. The molecule has 0 aliphatic rings. The van der Waals surface area contributed by atoms with E-state index in [-0.39, 0.29) is 0 Å². The van der Waals surface area contributed by atoms with Gasteiger partial charge in [-0.05, 0) is 19.8 Å². The fourth-order valence-electron chi connectivity index (χ4n) is 0.687. The number of hydrogen-bond acceptors (Lipinski definition) is 0. The van der Waals surface area contributed by atoms with Crippen LogP contribution in [-0.4, -0.2) is 0 Å². The van der Waals surface area contributed by atoms with E-state index < -0.39 is 0 Å². The SMILES string of the molecule is CC#CCCCC[CH]C. The molecule has 51 valence electrons. The maximum Gasteiger partial charge on any atom is 0.00885 e. The van der Waals surface area contributed by atoms with Crippen molar-refractivity contribution in [1.82, 2.24) is 0 Å². The minimum Gasteiger partial charge on any atom is -0.107 e. The molecule has 0 atom stereocenters. The molecule has 0 heterocycles. The maximum absolute atomic E-state index is 3.04. The average molecular weight is 123 g/mol. The molecule has 1 radical (unpaired) electrons. The Hall–Kier alpha value is -0.440. The summed E-state index contributed by atoms with van der Waals surface area (Å²) in [5.74, 6) is 5.93. The lowest BCUT2D eigenvalue weighted by molar-refractivity contribution is 0.747. The van der Waals surface area contributed by atoms with Crippen LogP contribution < -0.4 is 0 Å². The fraction of sp³-hybridized carbons (Fsp3) is 0.667. The molecule has 0 aromatic rings. The normalized spacial score (nSPS) is 8.22. The summed E-state index contributed by atoms with van der Waals surface area (Å²) < 4.78 is 0. The monoisotopic (exact) mass is 123 g/mol. The third-order valence-electron chi connectivity index (χ3n) is 1.22. The molecule has 0 heteroatoms. The Morgan fingerprint density at radius 3 is 2.67 bits per heavy atom. The van der Waals surface area contributed by atoms with Crippen LogP contribution in [0.2, 0.25) is 0 Å². The highest BCUT2D eigenvalue weighted by Crippen LogP contribution is 1.99. The molecule has 0 nitrogen and oxygen atoms in total. The Morgan fingerprint density at radius 1 is 1.33 bits per heavy atom. The van der Waals surface area contributed by atoms with E-state index in [4.69, 9.17) is 0 Å². The predicted octanol–water partition coefficient (Wildman–Crippen LogP) is 2.79. The van der Waals surface area contributed by atoms with Crippen LogP contribution in [0, 0.1) is 18.3 Å². The van der Waals surface area contributed by atoms with Gasteiger partial charge < -0.3 is 0 Å². The van der Waals surface area contributed by atoms with Crippen molar-refractivity contribution >= 4 is 0 Å². The quantitative estimate of drug-likeness (QED) is 0.398. The second kappa shape index (κ2) is 7.56. The average Bonchev–Trinajstić information content (AvgIpc) is 1.89. The Morgan fingerprint density at radius 2 is 2.11 bits per heavy atom. The third kappa shape index (κ3) is 7.56. The van der Waals surface area contributed by atoms with E-state index in [1.807, 2.05) is 6.92 Å². The van der Waals surface area contributed by atoms with Gasteiger partial charge in [0.1, 0.15) is 0 Å². The molecule has 0 saturated carbocycles. The first-order valence-corrected chi connectivity index (χ1v) is 3.59. The van der Waals surface area contributed by atoms with E-state index in [1.54, 1.807) is 0 Å². The lowest BCUT2D eigenvalue weighted by Gasteiger charge is -1.90. The van der Waals surface area contributed by atoms with Crippen LogP contribution in [0.25, 0.3) is 0 Å². The van der Waals surface area contributed by atoms with Gasteiger partial charge in [0.25, 0.3) is 0 Å². The number of rotatable bonds is 4. The summed E-state index contributed by atoms with van der Waals surface area (Å²) in [5, 5.41) is 0. The van der Waals surface area contributed by atoms with Gasteiger partial charge in [-0.2, -0.15) is 0 Å². The summed E-state index contributed by atoms with van der Waals surface area (Å²) in [6.07, 6.45) is 7.07. The van der Waals surface area contributed by atoms with Crippen LogP contribution in [-0.2, 0) is 0 Å². The van der Waals surface area contributed by atoms with E-state index in [9.17, 15) is 0 Å². The first-order valence-electron chi connectivity index (χ1n) is 3.59. The van der Waals surface area contributed by atoms with Gasteiger partial charge in [-0.15, -0.1) is 11.8 Å². The lowest BCUT2D eigenvalue weighted by atomic mass is 10.2.